The molecule has 1 aromatic carbocycles. The van der Waals surface area contributed by atoms with Crippen molar-refractivity contribution in [3.05, 3.63) is 62.5 Å². The standard InChI is InChI=1S/C19H20N4O5/c1-9(2)14(15(20)24)21-16(25)12-10(3)28-17-13(12)18(26)23(19(27)22-17)11-7-5-4-6-8-11/h4-9,14H,1-3H3,(H2,20,24)(H,21,25)(H,22,27). The first-order valence-electron chi connectivity index (χ1n) is 8.66. The number of para-hydroxylation sites is 1. The fourth-order valence-electron chi connectivity index (χ4n) is 3.06. The molecule has 0 saturated heterocycles. The fourth-order valence-corrected chi connectivity index (χ4v) is 3.06. The van der Waals surface area contributed by atoms with Crippen LogP contribution in [0.5, 0.6) is 0 Å². The summed E-state index contributed by atoms with van der Waals surface area (Å²) in [7, 11) is 0. The molecule has 4 N–H and O–H groups in total. The number of H-pyrrole nitrogens is 1. The number of aromatic amines is 1. The summed E-state index contributed by atoms with van der Waals surface area (Å²) in [6.07, 6.45) is 0. The molecular formula is C19H20N4O5. The monoisotopic (exact) mass is 384 g/mol. The minimum atomic E-state index is -0.920. The molecule has 1 atom stereocenters. The van der Waals surface area contributed by atoms with Crippen LogP contribution < -0.4 is 22.3 Å². The molecular weight excluding hydrogens is 364 g/mol. The summed E-state index contributed by atoms with van der Waals surface area (Å²) in [5.74, 6) is -1.49. The van der Waals surface area contributed by atoms with E-state index in [1.54, 1.807) is 44.2 Å². The number of hydrogen-bond acceptors (Lipinski definition) is 5. The first-order valence-corrected chi connectivity index (χ1v) is 8.66. The second-order valence-corrected chi connectivity index (χ2v) is 6.74. The molecule has 28 heavy (non-hydrogen) atoms. The van der Waals surface area contributed by atoms with Crippen LogP contribution in [0, 0.1) is 12.8 Å². The van der Waals surface area contributed by atoms with Gasteiger partial charge in [0.2, 0.25) is 11.6 Å². The van der Waals surface area contributed by atoms with Crippen molar-refractivity contribution in [3.8, 4) is 5.69 Å². The third kappa shape index (κ3) is 3.22. The van der Waals surface area contributed by atoms with Crippen molar-refractivity contribution in [2.75, 3.05) is 0 Å². The Morgan fingerprint density at radius 3 is 2.39 bits per heavy atom. The number of benzene rings is 1. The predicted octanol–water partition coefficient (Wildman–Crippen LogP) is 0.820. The molecule has 0 aliphatic rings. The first kappa shape index (κ1) is 19.2. The normalized spacial score (nSPS) is 12.3. The lowest BCUT2D eigenvalue weighted by Gasteiger charge is -2.18. The second-order valence-electron chi connectivity index (χ2n) is 6.74. The van der Waals surface area contributed by atoms with Crippen molar-refractivity contribution in [2.45, 2.75) is 26.8 Å². The van der Waals surface area contributed by atoms with Gasteiger partial charge in [-0.05, 0) is 25.0 Å². The molecule has 0 aliphatic heterocycles. The van der Waals surface area contributed by atoms with Crippen LogP contribution in [0.3, 0.4) is 0 Å². The summed E-state index contributed by atoms with van der Waals surface area (Å²) in [5, 5.41) is 2.46. The van der Waals surface area contributed by atoms with Crippen LogP contribution in [0.1, 0.15) is 30.0 Å². The van der Waals surface area contributed by atoms with E-state index < -0.39 is 29.1 Å². The van der Waals surface area contributed by atoms with Crippen molar-refractivity contribution < 1.29 is 14.0 Å². The van der Waals surface area contributed by atoms with Gasteiger partial charge >= 0.3 is 5.69 Å². The highest BCUT2D eigenvalue weighted by molar-refractivity contribution is 6.07. The van der Waals surface area contributed by atoms with E-state index in [0.717, 1.165) is 4.57 Å². The van der Waals surface area contributed by atoms with Gasteiger partial charge in [0.15, 0.2) is 0 Å². The Morgan fingerprint density at radius 1 is 1.18 bits per heavy atom. The molecule has 2 heterocycles. The van der Waals surface area contributed by atoms with Crippen molar-refractivity contribution in [3.63, 3.8) is 0 Å². The van der Waals surface area contributed by atoms with Gasteiger partial charge in [0.05, 0.1) is 11.3 Å². The maximum absolute atomic E-state index is 13.1. The Morgan fingerprint density at radius 2 is 1.82 bits per heavy atom. The van der Waals surface area contributed by atoms with E-state index in [1.807, 2.05) is 0 Å². The number of carbonyl (C=O) groups excluding carboxylic acids is 2. The average molecular weight is 384 g/mol. The number of aryl methyl sites for hydroxylation is 1. The largest absolute Gasteiger partial charge is 0.444 e. The van der Waals surface area contributed by atoms with Crippen LogP contribution in [0.2, 0.25) is 0 Å². The zero-order chi connectivity index (χ0) is 20.6. The van der Waals surface area contributed by atoms with Crippen LogP contribution in [-0.2, 0) is 4.79 Å². The van der Waals surface area contributed by atoms with Gasteiger partial charge < -0.3 is 15.5 Å². The van der Waals surface area contributed by atoms with Gasteiger partial charge in [-0.15, -0.1) is 0 Å². The van der Waals surface area contributed by atoms with Gasteiger partial charge in [-0.1, -0.05) is 32.0 Å². The number of nitrogens with one attached hydrogen (secondary N) is 2. The predicted molar refractivity (Wildman–Crippen MR) is 102 cm³/mol. The van der Waals surface area contributed by atoms with Gasteiger partial charge in [-0.25, -0.2) is 9.36 Å². The van der Waals surface area contributed by atoms with Gasteiger partial charge in [0.1, 0.15) is 17.2 Å². The molecule has 3 aromatic rings. The summed E-state index contributed by atoms with van der Waals surface area (Å²) in [5.41, 5.74) is 4.15. The SMILES string of the molecule is Cc1oc2[nH]c(=O)n(-c3ccccc3)c(=O)c2c1C(=O)NC(C(N)=O)C(C)C. The Kier molecular flexibility index (Phi) is 4.91. The zero-order valence-corrected chi connectivity index (χ0v) is 15.6. The fraction of sp³-hybridized carbons (Fsp3) is 0.263. The molecule has 1 unspecified atom stereocenters. The van der Waals surface area contributed by atoms with Crippen LogP contribution >= 0.6 is 0 Å². The van der Waals surface area contributed by atoms with Gasteiger partial charge in [-0.2, -0.15) is 0 Å². The van der Waals surface area contributed by atoms with Gasteiger partial charge in [0, 0.05) is 0 Å². The number of amides is 2. The Labute approximate surface area is 159 Å². The molecule has 146 valence electrons. The molecule has 2 amide bonds. The van der Waals surface area contributed by atoms with E-state index in [4.69, 9.17) is 10.2 Å². The number of aromatic nitrogens is 2. The number of carbonyl (C=O) groups is 2. The highest BCUT2D eigenvalue weighted by Gasteiger charge is 2.28. The molecule has 0 fully saturated rings. The molecule has 0 radical (unpaired) electrons. The smallest absolute Gasteiger partial charge is 0.335 e. The Balaban J connectivity index is 2.21. The van der Waals surface area contributed by atoms with Crippen LogP contribution in [0.15, 0.2) is 44.3 Å². The average Bonchev–Trinajstić information content (AvgIpc) is 2.95. The van der Waals surface area contributed by atoms with Gasteiger partial charge in [0.25, 0.3) is 11.5 Å². The van der Waals surface area contributed by atoms with Gasteiger partial charge in [-0.3, -0.25) is 19.4 Å². The molecule has 0 spiro atoms. The number of rotatable bonds is 5. The third-order valence-corrected chi connectivity index (χ3v) is 4.43. The lowest BCUT2D eigenvalue weighted by Crippen LogP contribution is -2.48. The van der Waals surface area contributed by atoms with Crippen LogP contribution in [-0.4, -0.2) is 27.4 Å². The van der Waals surface area contributed by atoms with Crippen molar-refractivity contribution in [1.82, 2.24) is 14.9 Å². The first-order chi connectivity index (χ1) is 13.2. The maximum Gasteiger partial charge on any atom is 0.335 e. The number of primary amides is 1. The summed E-state index contributed by atoms with van der Waals surface area (Å²) >= 11 is 0. The lowest BCUT2D eigenvalue weighted by molar-refractivity contribution is -0.120. The van der Waals surface area contributed by atoms with Crippen LogP contribution in [0.4, 0.5) is 0 Å². The minimum Gasteiger partial charge on any atom is -0.444 e. The van der Waals surface area contributed by atoms with E-state index in [-0.39, 0.29) is 28.3 Å². The number of furan rings is 1. The third-order valence-electron chi connectivity index (χ3n) is 4.43. The number of hydrogen-bond donors (Lipinski definition) is 3. The second kappa shape index (κ2) is 7.18. The number of nitrogens with two attached hydrogens (primary N) is 1. The molecule has 0 saturated carbocycles. The molecule has 9 nitrogen and oxygen atoms in total. The number of nitrogens with zero attached hydrogens (tertiary/aromatic N) is 1. The van der Waals surface area contributed by atoms with E-state index in [9.17, 15) is 19.2 Å². The summed E-state index contributed by atoms with van der Waals surface area (Å²) in [4.78, 5) is 52.4. The summed E-state index contributed by atoms with van der Waals surface area (Å²) in [6.45, 7) is 4.96. The summed E-state index contributed by atoms with van der Waals surface area (Å²) in [6, 6.07) is 7.38. The highest BCUT2D eigenvalue weighted by Crippen LogP contribution is 2.21. The molecule has 0 bridgehead atoms. The molecule has 3 rings (SSSR count). The molecule has 2 aromatic heterocycles. The summed E-state index contributed by atoms with van der Waals surface area (Å²) < 4.78 is 6.35. The van der Waals surface area contributed by atoms with E-state index in [2.05, 4.69) is 10.3 Å². The van der Waals surface area contributed by atoms with Crippen molar-refractivity contribution >= 4 is 22.9 Å². The zero-order valence-electron chi connectivity index (χ0n) is 15.6. The maximum atomic E-state index is 13.1. The van der Waals surface area contributed by atoms with E-state index >= 15 is 0 Å². The molecule has 0 aliphatic carbocycles. The van der Waals surface area contributed by atoms with Crippen LogP contribution in [0.25, 0.3) is 16.8 Å². The topological polar surface area (TPSA) is 140 Å². The Bertz CT molecular complexity index is 1170. The lowest BCUT2D eigenvalue weighted by atomic mass is 10.0. The highest BCUT2D eigenvalue weighted by atomic mass is 16.3. The Hall–Kier alpha value is -3.62. The van der Waals surface area contributed by atoms with Crippen molar-refractivity contribution in [1.29, 1.82) is 0 Å². The van der Waals surface area contributed by atoms with E-state index in [0.29, 0.717) is 5.69 Å². The molecule has 9 heteroatoms. The van der Waals surface area contributed by atoms with E-state index in [1.165, 1.54) is 6.92 Å². The van der Waals surface area contributed by atoms with Crippen molar-refractivity contribution in [2.24, 2.45) is 11.7 Å². The number of fused-ring (bicyclic) bond motifs is 1. The minimum absolute atomic E-state index is 0.0483. The quantitative estimate of drug-likeness (QED) is 0.597.